The van der Waals surface area contributed by atoms with E-state index in [0.717, 1.165) is 0 Å². The van der Waals surface area contributed by atoms with E-state index in [1.165, 1.54) is 61.0 Å². The molecule has 11 heteroatoms. The molecule has 0 aliphatic heterocycles. The Balaban J connectivity index is 0.000000253. The minimum Gasteiger partial charge on any atom is -0.857 e. The molecule has 2 aromatic heterocycles. The predicted octanol–water partition coefficient (Wildman–Crippen LogP) is 1.85. The van der Waals surface area contributed by atoms with Crippen molar-refractivity contribution >= 4 is 24.2 Å². The van der Waals surface area contributed by atoms with Crippen molar-refractivity contribution in [3.05, 3.63) is 120 Å². The Kier molecular flexibility index (Phi) is 11.7. The fraction of sp³-hybridized carbons (Fsp3) is 0. The van der Waals surface area contributed by atoms with Gasteiger partial charge in [-0.25, -0.2) is 0 Å². The van der Waals surface area contributed by atoms with Gasteiger partial charge < -0.3 is 20.4 Å². The molecule has 0 saturated heterocycles. The third kappa shape index (κ3) is 10.1. The molecule has 0 radical (unpaired) electrons. The molecule has 0 bridgehead atoms. The summed E-state index contributed by atoms with van der Waals surface area (Å²) in [6, 6.07) is 22.3. The zero-order chi connectivity index (χ0) is 25.6. The maximum Gasteiger partial charge on any atom is 2.00 e. The fourth-order valence-electron chi connectivity index (χ4n) is 2.51. The number of aromatic hydroxyl groups is 2. The SMILES string of the molecule is [Fe+2].[O-]/C(=N\N=C\c1ccccn1)c1ccc(O)cc1.[O-]/C(=N\N=C\c1ccccn1)c1ccc(O)cc1. The third-order valence-electron chi connectivity index (χ3n) is 4.28. The van der Waals surface area contributed by atoms with Crippen molar-refractivity contribution in [3.63, 3.8) is 0 Å². The Bertz CT molecular complexity index is 1240. The third-order valence-corrected chi connectivity index (χ3v) is 4.28. The van der Waals surface area contributed by atoms with Gasteiger partial charge in [0.1, 0.15) is 11.5 Å². The van der Waals surface area contributed by atoms with Gasteiger partial charge in [-0.2, -0.15) is 20.4 Å². The molecule has 0 unspecified atom stereocenters. The van der Waals surface area contributed by atoms with E-state index in [1.807, 2.05) is 12.1 Å². The zero-order valence-corrected chi connectivity index (χ0v) is 20.2. The summed E-state index contributed by atoms with van der Waals surface area (Å²) < 4.78 is 0. The minimum atomic E-state index is -0.470. The molecule has 4 aromatic rings. The first kappa shape index (κ1) is 28.4. The van der Waals surface area contributed by atoms with Crippen molar-refractivity contribution in [1.29, 1.82) is 0 Å². The summed E-state index contributed by atoms with van der Waals surface area (Å²) in [5.41, 5.74) is 1.98. The topological polar surface area (TPSA) is 162 Å². The average Bonchev–Trinajstić information content (AvgIpc) is 2.91. The van der Waals surface area contributed by atoms with Gasteiger partial charge in [0, 0.05) is 24.2 Å². The molecule has 2 N–H and O–H groups in total. The van der Waals surface area contributed by atoms with Crippen LogP contribution in [0.1, 0.15) is 22.5 Å². The average molecular weight is 536 g/mol. The largest absolute Gasteiger partial charge is 2.00 e. The molecule has 0 atom stereocenters. The van der Waals surface area contributed by atoms with Crippen molar-refractivity contribution in [2.75, 3.05) is 0 Å². The van der Waals surface area contributed by atoms with Crippen LogP contribution in [-0.2, 0) is 17.1 Å². The number of phenols is 2. The molecule has 37 heavy (non-hydrogen) atoms. The van der Waals surface area contributed by atoms with Crippen molar-refractivity contribution < 1.29 is 37.5 Å². The van der Waals surface area contributed by atoms with Gasteiger partial charge in [-0.15, -0.1) is 0 Å². The molecular weight excluding hydrogens is 516 g/mol. The van der Waals surface area contributed by atoms with Gasteiger partial charge >= 0.3 is 17.1 Å². The van der Waals surface area contributed by atoms with Crippen LogP contribution in [0.25, 0.3) is 0 Å². The van der Waals surface area contributed by atoms with Crippen LogP contribution in [0.4, 0.5) is 0 Å². The van der Waals surface area contributed by atoms with Crippen LogP contribution in [0.2, 0.25) is 0 Å². The van der Waals surface area contributed by atoms with E-state index in [2.05, 4.69) is 30.4 Å². The number of benzene rings is 2. The Morgan fingerprint density at radius 1 is 0.595 bits per heavy atom. The Morgan fingerprint density at radius 3 is 1.30 bits per heavy atom. The molecule has 0 fully saturated rings. The summed E-state index contributed by atoms with van der Waals surface area (Å²) in [5.74, 6) is -0.739. The predicted molar refractivity (Wildman–Crippen MR) is 133 cm³/mol. The van der Waals surface area contributed by atoms with Gasteiger partial charge in [0.05, 0.1) is 23.8 Å². The first-order chi connectivity index (χ1) is 17.5. The summed E-state index contributed by atoms with van der Waals surface area (Å²) in [5, 5.41) is 55.7. The quantitative estimate of drug-likeness (QED) is 0.165. The number of nitrogens with zero attached hydrogens (tertiary/aromatic N) is 6. The second kappa shape index (κ2) is 15.2. The second-order valence-corrected chi connectivity index (χ2v) is 6.90. The molecule has 0 saturated carbocycles. The Morgan fingerprint density at radius 2 is 0.973 bits per heavy atom. The fourth-order valence-corrected chi connectivity index (χ4v) is 2.51. The van der Waals surface area contributed by atoms with Crippen LogP contribution in [-0.4, -0.2) is 44.4 Å². The number of hydrogen-bond acceptors (Lipinski definition) is 10. The van der Waals surface area contributed by atoms with Crippen LogP contribution in [0, 0.1) is 0 Å². The molecular formula is C26H20FeN6O4. The zero-order valence-electron chi connectivity index (χ0n) is 19.1. The maximum atomic E-state index is 11.6. The molecule has 0 spiro atoms. The summed E-state index contributed by atoms with van der Waals surface area (Å²) in [7, 11) is 0. The Labute approximate surface area is 223 Å². The van der Waals surface area contributed by atoms with Gasteiger partial charge in [-0.3, -0.25) is 9.97 Å². The molecule has 0 aliphatic rings. The minimum absolute atomic E-state index is 0. The van der Waals surface area contributed by atoms with Gasteiger partial charge in [-0.05, 0) is 59.7 Å². The smallest absolute Gasteiger partial charge is 0.857 e. The van der Waals surface area contributed by atoms with Crippen LogP contribution >= 0.6 is 0 Å². The van der Waals surface area contributed by atoms with Crippen molar-refractivity contribution in [1.82, 2.24) is 9.97 Å². The molecule has 4 rings (SSSR count). The van der Waals surface area contributed by atoms with E-state index >= 15 is 0 Å². The Hall–Kier alpha value is -4.86. The van der Waals surface area contributed by atoms with Gasteiger partial charge in [-0.1, -0.05) is 36.4 Å². The summed E-state index contributed by atoms with van der Waals surface area (Å²) >= 11 is 0. The number of phenolic OH excluding ortho intramolecular Hbond substituents is 2. The molecule has 2 aromatic carbocycles. The van der Waals surface area contributed by atoms with E-state index in [9.17, 15) is 10.2 Å². The molecule has 0 aliphatic carbocycles. The van der Waals surface area contributed by atoms with Crippen molar-refractivity contribution in [2.24, 2.45) is 20.4 Å². The summed E-state index contributed by atoms with van der Waals surface area (Å²) in [4.78, 5) is 8.01. The number of hydrogen-bond donors (Lipinski definition) is 2. The number of pyridine rings is 2. The van der Waals surface area contributed by atoms with E-state index in [-0.39, 0.29) is 28.6 Å². The molecule has 186 valence electrons. The van der Waals surface area contributed by atoms with Crippen LogP contribution in [0.15, 0.2) is 118 Å². The summed E-state index contributed by atoms with van der Waals surface area (Å²) in [6.45, 7) is 0. The van der Waals surface area contributed by atoms with Crippen LogP contribution in [0.3, 0.4) is 0 Å². The van der Waals surface area contributed by atoms with Crippen molar-refractivity contribution in [3.8, 4) is 11.5 Å². The standard InChI is InChI=1S/2C13H11N3O2.Fe/c2*17-12-6-4-10(5-7-12)13(18)16-15-9-11-3-1-2-8-14-11;/h2*1-9,17H,(H,16,18);/q;;+2/p-2/b2*15-9+;. The van der Waals surface area contributed by atoms with E-state index in [4.69, 9.17) is 10.2 Å². The first-order valence-electron chi connectivity index (χ1n) is 10.5. The van der Waals surface area contributed by atoms with Gasteiger partial charge in [0.15, 0.2) is 0 Å². The maximum absolute atomic E-state index is 11.6. The molecule has 0 amide bonds. The number of rotatable bonds is 6. The summed E-state index contributed by atoms with van der Waals surface area (Å²) in [6.07, 6.45) is 6.06. The first-order valence-corrected chi connectivity index (χ1v) is 10.5. The normalized spacial score (nSPS) is 11.6. The second-order valence-electron chi connectivity index (χ2n) is 6.90. The van der Waals surface area contributed by atoms with E-state index in [0.29, 0.717) is 22.5 Å². The van der Waals surface area contributed by atoms with Crippen LogP contribution < -0.4 is 10.2 Å². The van der Waals surface area contributed by atoms with Gasteiger partial charge in [0.2, 0.25) is 0 Å². The van der Waals surface area contributed by atoms with Crippen molar-refractivity contribution in [2.45, 2.75) is 0 Å². The number of aromatic nitrogens is 2. The van der Waals surface area contributed by atoms with Gasteiger partial charge in [0.25, 0.3) is 0 Å². The van der Waals surface area contributed by atoms with E-state index in [1.54, 1.807) is 36.7 Å². The van der Waals surface area contributed by atoms with E-state index < -0.39 is 11.8 Å². The molecule has 2 heterocycles. The molecule has 10 nitrogen and oxygen atoms in total. The van der Waals surface area contributed by atoms with Crippen LogP contribution in [0.5, 0.6) is 11.5 Å². The monoisotopic (exact) mass is 536 g/mol.